The number of aliphatic hydroxyl groups is 2. The molecule has 1 aliphatic carbocycles. The topological polar surface area (TPSA) is 59.0 Å². The zero-order valence-electron chi connectivity index (χ0n) is 18.1. The maximum Gasteiger partial charge on any atom is 0.184 e. The van der Waals surface area contributed by atoms with E-state index in [4.69, 9.17) is 0 Å². The molecule has 1 heterocycles. The summed E-state index contributed by atoms with van der Waals surface area (Å²) >= 11 is 0. The highest BCUT2D eigenvalue weighted by Crippen LogP contribution is 2.54. The Bertz CT molecular complexity index is 883. The van der Waals surface area contributed by atoms with Crippen molar-refractivity contribution in [1.29, 1.82) is 0 Å². The second-order valence-electron chi connectivity index (χ2n) is 9.63. The Labute approximate surface area is 174 Å². The number of nitrogens with zero attached hydrogens (tertiary/aromatic N) is 2. The van der Waals surface area contributed by atoms with Crippen molar-refractivity contribution in [1.82, 2.24) is 10.2 Å². The van der Waals surface area contributed by atoms with Crippen LogP contribution in [0.15, 0.2) is 48.5 Å². The molecule has 2 aliphatic rings. The van der Waals surface area contributed by atoms with Gasteiger partial charge in [-0.3, -0.25) is 10.2 Å². The van der Waals surface area contributed by atoms with E-state index < -0.39 is 12.0 Å². The van der Waals surface area contributed by atoms with Gasteiger partial charge in [0, 0.05) is 23.3 Å². The Morgan fingerprint density at radius 1 is 1.10 bits per heavy atom. The first-order valence-corrected chi connectivity index (χ1v) is 10.4. The predicted octanol–water partition coefficient (Wildman–Crippen LogP) is 2.90. The Hall–Kier alpha value is -1.92. The van der Waals surface area contributed by atoms with Gasteiger partial charge in [0.15, 0.2) is 6.35 Å². The Morgan fingerprint density at radius 2 is 1.76 bits per heavy atom. The van der Waals surface area contributed by atoms with Gasteiger partial charge in [-0.25, -0.2) is 0 Å². The maximum atomic E-state index is 10.8. The van der Waals surface area contributed by atoms with Crippen LogP contribution in [-0.4, -0.2) is 47.6 Å². The first kappa shape index (κ1) is 20.4. The van der Waals surface area contributed by atoms with E-state index in [1.165, 1.54) is 5.56 Å². The van der Waals surface area contributed by atoms with Crippen LogP contribution in [0, 0.1) is 6.92 Å². The van der Waals surface area contributed by atoms with E-state index in [0.717, 1.165) is 36.2 Å². The van der Waals surface area contributed by atoms with Crippen molar-refractivity contribution in [3.05, 3.63) is 65.2 Å². The number of aliphatic hydroxyl groups excluding tert-OH is 1. The number of hydrogen-bond donors (Lipinski definition) is 3. The molecule has 4 rings (SSSR count). The first-order chi connectivity index (χ1) is 13.6. The molecule has 0 bridgehead atoms. The largest absolute Gasteiger partial charge is 0.386 e. The summed E-state index contributed by atoms with van der Waals surface area (Å²) in [5, 5.41) is 24.6. The van der Waals surface area contributed by atoms with Crippen molar-refractivity contribution in [2.45, 2.75) is 56.6 Å². The van der Waals surface area contributed by atoms with E-state index in [0.29, 0.717) is 0 Å². The fraction of sp³-hybridized carbons (Fsp3) is 0.500. The van der Waals surface area contributed by atoms with Crippen LogP contribution in [0.5, 0.6) is 0 Å². The molecule has 1 spiro atoms. The molecular weight excluding hydrogens is 362 g/mol. The minimum absolute atomic E-state index is 0.0101. The van der Waals surface area contributed by atoms with E-state index in [9.17, 15) is 10.2 Å². The van der Waals surface area contributed by atoms with E-state index in [-0.39, 0.29) is 11.1 Å². The molecule has 2 aromatic rings. The van der Waals surface area contributed by atoms with Gasteiger partial charge in [-0.05, 0) is 70.5 Å². The van der Waals surface area contributed by atoms with Gasteiger partial charge in [0.25, 0.3) is 0 Å². The van der Waals surface area contributed by atoms with Gasteiger partial charge in [0.2, 0.25) is 0 Å². The van der Waals surface area contributed by atoms with Crippen LogP contribution in [0.4, 0.5) is 5.69 Å². The average molecular weight is 396 g/mol. The smallest absolute Gasteiger partial charge is 0.184 e. The lowest BCUT2D eigenvalue weighted by Crippen LogP contribution is -2.67. The summed E-state index contributed by atoms with van der Waals surface area (Å²) < 4.78 is 0. The summed E-state index contributed by atoms with van der Waals surface area (Å²) in [5.41, 5.74) is 3.29. The molecule has 3 N–H and O–H groups in total. The number of aryl methyl sites for hydroxylation is 1. The number of nitrogens with one attached hydrogen (secondary N) is 1. The number of hydrogen-bond acceptors (Lipinski definition) is 5. The van der Waals surface area contributed by atoms with E-state index >= 15 is 0 Å². The standard InChI is InChI=1S/C24H33N3O2/c1-17-13-19(22(2,3)29)11-12-20(17)27-16-23(25-21(27)28)14-24(15-23,26(4)5)18-9-7-6-8-10-18/h6-13,21,25,28-29H,14-16H2,1-5H3. The normalized spacial score (nSPS) is 29.5. The molecular formula is C24H33N3O2. The lowest BCUT2D eigenvalue weighted by Gasteiger charge is -2.58. The number of benzene rings is 2. The fourth-order valence-electron chi connectivity index (χ4n) is 5.19. The molecule has 1 unspecified atom stereocenters. The van der Waals surface area contributed by atoms with Crippen molar-refractivity contribution in [2.24, 2.45) is 0 Å². The highest BCUT2D eigenvalue weighted by molar-refractivity contribution is 5.57. The van der Waals surface area contributed by atoms with Crippen LogP contribution in [0.3, 0.4) is 0 Å². The molecule has 5 heteroatoms. The molecule has 1 atom stereocenters. The third-order valence-corrected chi connectivity index (χ3v) is 6.85. The van der Waals surface area contributed by atoms with Crippen molar-refractivity contribution < 1.29 is 10.2 Å². The molecule has 2 fully saturated rings. The monoisotopic (exact) mass is 395 g/mol. The van der Waals surface area contributed by atoms with Crippen molar-refractivity contribution >= 4 is 5.69 Å². The quantitative estimate of drug-likeness (QED) is 0.743. The zero-order chi connectivity index (χ0) is 21.0. The highest BCUT2D eigenvalue weighted by atomic mass is 16.3. The molecule has 5 nitrogen and oxygen atoms in total. The predicted molar refractivity (Wildman–Crippen MR) is 117 cm³/mol. The second kappa shape index (κ2) is 6.81. The van der Waals surface area contributed by atoms with E-state index in [2.05, 4.69) is 54.6 Å². The molecule has 29 heavy (non-hydrogen) atoms. The SMILES string of the molecule is Cc1cc(C(C)(C)O)ccc1N1CC2(CC(c3ccccc3)(N(C)C)C2)NC1O. The van der Waals surface area contributed by atoms with Gasteiger partial charge in [0.05, 0.1) is 5.60 Å². The Morgan fingerprint density at radius 3 is 2.31 bits per heavy atom. The van der Waals surface area contributed by atoms with Gasteiger partial charge >= 0.3 is 0 Å². The summed E-state index contributed by atoms with van der Waals surface area (Å²) in [5.74, 6) is 0. The van der Waals surface area contributed by atoms with Crippen molar-refractivity contribution in [2.75, 3.05) is 25.5 Å². The Kier molecular flexibility index (Phi) is 4.78. The van der Waals surface area contributed by atoms with Crippen LogP contribution in [0.25, 0.3) is 0 Å². The molecule has 2 aromatic carbocycles. The van der Waals surface area contributed by atoms with Gasteiger partial charge in [-0.15, -0.1) is 0 Å². The highest BCUT2D eigenvalue weighted by Gasteiger charge is 2.60. The minimum Gasteiger partial charge on any atom is -0.386 e. The van der Waals surface area contributed by atoms with Gasteiger partial charge in [-0.1, -0.05) is 42.5 Å². The molecule has 1 saturated carbocycles. The van der Waals surface area contributed by atoms with Crippen LogP contribution in [0.1, 0.15) is 43.4 Å². The summed E-state index contributed by atoms with van der Waals surface area (Å²) in [4.78, 5) is 4.36. The van der Waals surface area contributed by atoms with E-state index in [1.54, 1.807) is 13.8 Å². The zero-order valence-corrected chi connectivity index (χ0v) is 18.1. The number of anilines is 1. The fourth-order valence-corrected chi connectivity index (χ4v) is 5.19. The van der Waals surface area contributed by atoms with Crippen molar-refractivity contribution in [3.63, 3.8) is 0 Å². The first-order valence-electron chi connectivity index (χ1n) is 10.4. The summed E-state index contributed by atoms with van der Waals surface area (Å²) in [6.45, 7) is 6.39. The third-order valence-electron chi connectivity index (χ3n) is 6.85. The lowest BCUT2D eigenvalue weighted by molar-refractivity contribution is -0.0313. The van der Waals surface area contributed by atoms with Gasteiger partial charge in [-0.2, -0.15) is 0 Å². The minimum atomic E-state index is -0.874. The van der Waals surface area contributed by atoms with Gasteiger partial charge in [0.1, 0.15) is 0 Å². The summed E-state index contributed by atoms with van der Waals surface area (Å²) in [7, 11) is 4.28. The lowest BCUT2D eigenvalue weighted by atomic mass is 9.59. The van der Waals surface area contributed by atoms with Crippen molar-refractivity contribution in [3.8, 4) is 0 Å². The molecule has 1 saturated heterocycles. The maximum absolute atomic E-state index is 10.8. The Balaban J connectivity index is 1.57. The molecule has 1 aliphatic heterocycles. The van der Waals surface area contributed by atoms with Crippen LogP contribution in [0.2, 0.25) is 0 Å². The summed E-state index contributed by atoms with van der Waals surface area (Å²) in [6, 6.07) is 16.6. The molecule has 0 amide bonds. The molecule has 0 aromatic heterocycles. The third kappa shape index (κ3) is 3.36. The van der Waals surface area contributed by atoms with Crippen LogP contribution >= 0.6 is 0 Å². The van der Waals surface area contributed by atoms with Gasteiger partial charge < -0.3 is 15.1 Å². The van der Waals surface area contributed by atoms with Crippen LogP contribution in [-0.2, 0) is 11.1 Å². The molecule has 0 radical (unpaired) electrons. The number of rotatable bonds is 4. The summed E-state index contributed by atoms with van der Waals surface area (Å²) in [6.07, 6.45) is 1.19. The molecule has 156 valence electrons. The average Bonchev–Trinajstić information content (AvgIpc) is 2.97. The second-order valence-corrected chi connectivity index (χ2v) is 9.63. The van der Waals surface area contributed by atoms with E-state index in [1.807, 2.05) is 30.0 Å². The van der Waals surface area contributed by atoms with Crippen LogP contribution < -0.4 is 10.2 Å².